The van der Waals surface area contributed by atoms with Crippen molar-refractivity contribution < 1.29 is 4.79 Å². The normalized spacial score (nSPS) is 12.1. The van der Waals surface area contributed by atoms with Crippen LogP contribution in [0.2, 0.25) is 0 Å². The molecular weight excluding hydrogens is 242 g/mol. The molecule has 2 nitrogen and oxygen atoms in total. The highest BCUT2D eigenvalue weighted by atomic mass is 32.1. The summed E-state index contributed by atoms with van der Waals surface area (Å²) < 4.78 is 0. The third-order valence-electron chi connectivity index (χ3n) is 2.98. The molecule has 0 saturated heterocycles. The zero-order chi connectivity index (χ0) is 13.0. The van der Waals surface area contributed by atoms with Crippen molar-refractivity contribution in [3.63, 3.8) is 0 Å². The molecule has 18 heavy (non-hydrogen) atoms. The predicted octanol–water partition coefficient (Wildman–Crippen LogP) is 3.90. The minimum absolute atomic E-state index is 0.130. The van der Waals surface area contributed by atoms with Crippen LogP contribution in [0.1, 0.15) is 24.3 Å². The smallest absolute Gasteiger partial charge is 0.132 e. The lowest BCUT2D eigenvalue weighted by molar-refractivity contribution is -0.117. The van der Waals surface area contributed by atoms with Gasteiger partial charge in [0, 0.05) is 24.0 Å². The number of ketones is 1. The molecule has 0 spiro atoms. The average molecular weight is 259 g/mol. The first kappa shape index (κ1) is 12.8. The molecule has 2 rings (SSSR count). The van der Waals surface area contributed by atoms with Crippen LogP contribution in [0.3, 0.4) is 0 Å². The largest absolute Gasteiger partial charge is 0.366 e. The van der Waals surface area contributed by atoms with E-state index >= 15 is 0 Å². The van der Waals surface area contributed by atoms with Crippen LogP contribution in [0.25, 0.3) is 0 Å². The fourth-order valence-electron chi connectivity index (χ4n) is 2.02. The molecule has 0 amide bonds. The summed E-state index contributed by atoms with van der Waals surface area (Å²) in [6, 6.07) is 14.4. The van der Waals surface area contributed by atoms with Crippen LogP contribution in [0.4, 0.5) is 5.69 Å². The zero-order valence-corrected chi connectivity index (χ0v) is 11.5. The molecule has 1 heterocycles. The molecule has 2 aromatic rings. The Morgan fingerprint density at radius 1 is 1.22 bits per heavy atom. The lowest BCUT2D eigenvalue weighted by atomic mass is 10.1. The van der Waals surface area contributed by atoms with Crippen molar-refractivity contribution in [2.75, 3.05) is 11.9 Å². The minimum Gasteiger partial charge on any atom is -0.366 e. The molecule has 0 aliphatic carbocycles. The molecule has 0 saturated carbocycles. The highest BCUT2D eigenvalue weighted by molar-refractivity contribution is 7.10. The quantitative estimate of drug-likeness (QED) is 0.811. The molecule has 0 fully saturated rings. The molecule has 94 valence electrons. The summed E-state index contributed by atoms with van der Waals surface area (Å²) in [5.74, 6) is 0.219. The first-order chi connectivity index (χ1) is 8.68. The van der Waals surface area contributed by atoms with Gasteiger partial charge in [-0.25, -0.2) is 0 Å². The van der Waals surface area contributed by atoms with Crippen LogP contribution in [0.5, 0.6) is 0 Å². The van der Waals surface area contributed by atoms with E-state index in [2.05, 4.69) is 28.5 Å². The number of carbonyl (C=O) groups is 1. The van der Waals surface area contributed by atoms with Crippen molar-refractivity contribution in [3.05, 3.63) is 52.7 Å². The number of hydrogen-bond donors (Lipinski definition) is 0. The standard InChI is InChI=1S/C15H17NOS/c1-12(17)11-14(15-9-6-10-18-15)16(2)13-7-4-3-5-8-13/h3-10,14H,11H2,1-2H3. The molecule has 3 heteroatoms. The maximum absolute atomic E-state index is 11.5. The highest BCUT2D eigenvalue weighted by Gasteiger charge is 2.20. The SMILES string of the molecule is CC(=O)CC(c1cccs1)N(C)c1ccccc1. The monoisotopic (exact) mass is 259 g/mol. The van der Waals surface area contributed by atoms with Gasteiger partial charge in [-0.05, 0) is 30.5 Å². The number of nitrogens with zero attached hydrogens (tertiary/aromatic N) is 1. The van der Waals surface area contributed by atoms with Crippen molar-refractivity contribution in [1.82, 2.24) is 0 Å². The zero-order valence-electron chi connectivity index (χ0n) is 10.7. The Bertz CT molecular complexity index is 492. The van der Waals surface area contributed by atoms with Crippen molar-refractivity contribution >= 4 is 22.8 Å². The van der Waals surface area contributed by atoms with Crippen LogP contribution >= 0.6 is 11.3 Å². The van der Waals surface area contributed by atoms with E-state index in [1.165, 1.54) is 4.88 Å². The van der Waals surface area contributed by atoms with Crippen molar-refractivity contribution in [3.8, 4) is 0 Å². The van der Waals surface area contributed by atoms with Gasteiger partial charge in [0.05, 0.1) is 6.04 Å². The van der Waals surface area contributed by atoms with Crippen molar-refractivity contribution in [1.29, 1.82) is 0 Å². The number of anilines is 1. The fourth-order valence-corrected chi connectivity index (χ4v) is 2.89. The van der Waals surface area contributed by atoms with E-state index in [9.17, 15) is 4.79 Å². The van der Waals surface area contributed by atoms with Gasteiger partial charge in [0.25, 0.3) is 0 Å². The Balaban J connectivity index is 2.27. The van der Waals surface area contributed by atoms with Crippen LogP contribution in [0.15, 0.2) is 47.8 Å². The molecule has 1 aromatic carbocycles. The summed E-state index contributed by atoms with van der Waals surface area (Å²) in [5.41, 5.74) is 1.14. The van der Waals surface area contributed by atoms with E-state index in [-0.39, 0.29) is 11.8 Å². The van der Waals surface area contributed by atoms with Crippen molar-refractivity contribution in [2.45, 2.75) is 19.4 Å². The molecule has 1 atom stereocenters. The highest BCUT2D eigenvalue weighted by Crippen LogP contribution is 2.31. The Morgan fingerprint density at radius 3 is 2.50 bits per heavy atom. The van der Waals surface area contributed by atoms with E-state index in [0.29, 0.717) is 6.42 Å². The summed E-state index contributed by atoms with van der Waals surface area (Å²) in [6.45, 7) is 1.65. The van der Waals surface area contributed by atoms with E-state index in [1.807, 2.05) is 31.3 Å². The summed E-state index contributed by atoms with van der Waals surface area (Å²) in [7, 11) is 2.04. The predicted molar refractivity (Wildman–Crippen MR) is 77.2 cm³/mol. The number of rotatable bonds is 5. The van der Waals surface area contributed by atoms with Gasteiger partial charge in [-0.3, -0.25) is 4.79 Å². The van der Waals surface area contributed by atoms with Crippen LogP contribution in [0, 0.1) is 0 Å². The number of thiophene rings is 1. The minimum atomic E-state index is 0.130. The maximum atomic E-state index is 11.5. The second-order valence-corrected chi connectivity index (χ2v) is 5.36. The Morgan fingerprint density at radius 2 is 1.94 bits per heavy atom. The lowest BCUT2D eigenvalue weighted by Gasteiger charge is -2.28. The first-order valence-electron chi connectivity index (χ1n) is 5.99. The fraction of sp³-hybridized carbons (Fsp3) is 0.267. The summed E-state index contributed by atoms with van der Waals surface area (Å²) in [6.07, 6.45) is 0.548. The van der Waals surface area contributed by atoms with Gasteiger partial charge in [-0.15, -0.1) is 11.3 Å². The van der Waals surface area contributed by atoms with Gasteiger partial charge < -0.3 is 4.90 Å². The van der Waals surface area contributed by atoms with Gasteiger partial charge in [-0.1, -0.05) is 24.3 Å². The second-order valence-electron chi connectivity index (χ2n) is 4.38. The van der Waals surface area contributed by atoms with Gasteiger partial charge in [0.1, 0.15) is 5.78 Å². The summed E-state index contributed by atoms with van der Waals surface area (Å²) in [4.78, 5) is 14.9. The maximum Gasteiger partial charge on any atom is 0.132 e. The number of benzene rings is 1. The lowest BCUT2D eigenvalue weighted by Crippen LogP contribution is -2.25. The number of carbonyl (C=O) groups excluding carboxylic acids is 1. The Labute approximate surface area is 112 Å². The molecule has 1 aromatic heterocycles. The van der Waals surface area contributed by atoms with E-state index in [1.54, 1.807) is 18.3 Å². The third-order valence-corrected chi connectivity index (χ3v) is 3.96. The molecule has 0 aliphatic heterocycles. The molecule has 0 N–H and O–H groups in total. The molecule has 0 aliphatic rings. The summed E-state index contributed by atoms with van der Waals surface area (Å²) in [5, 5.41) is 2.06. The molecule has 0 radical (unpaired) electrons. The van der Waals surface area contributed by atoms with Gasteiger partial charge in [0.2, 0.25) is 0 Å². The number of Topliss-reactive ketones (excluding diaryl/α,β-unsaturated/α-hetero) is 1. The van der Waals surface area contributed by atoms with Gasteiger partial charge >= 0.3 is 0 Å². The molecular formula is C15H17NOS. The topological polar surface area (TPSA) is 20.3 Å². The first-order valence-corrected chi connectivity index (χ1v) is 6.87. The number of hydrogen-bond acceptors (Lipinski definition) is 3. The van der Waals surface area contributed by atoms with Gasteiger partial charge in [-0.2, -0.15) is 0 Å². The van der Waals surface area contributed by atoms with E-state index < -0.39 is 0 Å². The second kappa shape index (κ2) is 5.83. The van der Waals surface area contributed by atoms with Crippen molar-refractivity contribution in [2.24, 2.45) is 0 Å². The van der Waals surface area contributed by atoms with Crippen LogP contribution in [-0.4, -0.2) is 12.8 Å². The molecule has 1 unspecified atom stereocenters. The van der Waals surface area contributed by atoms with Crippen LogP contribution < -0.4 is 4.90 Å². The van der Waals surface area contributed by atoms with E-state index in [4.69, 9.17) is 0 Å². The average Bonchev–Trinajstić information content (AvgIpc) is 2.89. The summed E-state index contributed by atoms with van der Waals surface area (Å²) >= 11 is 1.70. The Hall–Kier alpha value is -1.61. The van der Waals surface area contributed by atoms with Crippen LogP contribution in [-0.2, 0) is 4.79 Å². The Kier molecular flexibility index (Phi) is 4.15. The van der Waals surface area contributed by atoms with Gasteiger partial charge in [0.15, 0.2) is 0 Å². The third kappa shape index (κ3) is 2.99. The number of para-hydroxylation sites is 1. The van der Waals surface area contributed by atoms with E-state index in [0.717, 1.165) is 5.69 Å². The molecule has 0 bridgehead atoms.